The molecule has 2 amide bonds. The molecule has 110 valence electrons. The lowest BCUT2D eigenvalue weighted by atomic mass is 10.0. The van der Waals surface area contributed by atoms with Crippen molar-refractivity contribution in [3.05, 3.63) is 29.0 Å². The lowest BCUT2D eigenvalue weighted by Crippen LogP contribution is -2.43. The first-order valence-corrected chi connectivity index (χ1v) is 6.01. The minimum absolute atomic E-state index is 0.138. The van der Waals surface area contributed by atoms with Crippen molar-refractivity contribution < 1.29 is 24.2 Å². The molecular weight excluding hydrogens is 291 g/mol. The molecule has 20 heavy (non-hydrogen) atoms. The Hall–Kier alpha value is -1.86. The van der Waals surface area contributed by atoms with Gasteiger partial charge in [-0.15, -0.1) is 0 Å². The van der Waals surface area contributed by atoms with Crippen LogP contribution in [0.2, 0.25) is 5.02 Å². The molecule has 1 aromatic carbocycles. The fraction of sp³-hybridized carbons (Fsp3) is 0.333. The smallest absolute Gasteiger partial charge is 0.319 e. The second kappa shape index (κ2) is 6.53. The lowest BCUT2D eigenvalue weighted by Gasteiger charge is -2.21. The number of carboxylic acid groups (broad SMARTS) is 1. The Morgan fingerprint density at radius 1 is 1.45 bits per heavy atom. The van der Waals surface area contributed by atoms with Crippen molar-refractivity contribution in [2.45, 2.75) is 18.9 Å². The summed E-state index contributed by atoms with van der Waals surface area (Å²) >= 11 is 5.55. The Morgan fingerprint density at radius 3 is 2.65 bits per heavy atom. The van der Waals surface area contributed by atoms with Crippen molar-refractivity contribution in [3.8, 4) is 0 Å². The molecule has 1 atom stereocenters. The van der Waals surface area contributed by atoms with Crippen LogP contribution < -0.4 is 10.6 Å². The standard InChI is InChI=1S/C12H14ClFN2O4/c1-12(20,5-10(17)18)6-15-11(19)16-7-2-3-9(14)8(13)4-7/h2-4,20H,5-6H2,1H3,(H,17,18)(H2,15,16,19). The maximum atomic E-state index is 12.9. The first-order valence-electron chi connectivity index (χ1n) is 5.64. The molecule has 0 aromatic heterocycles. The molecule has 1 aromatic rings. The zero-order chi connectivity index (χ0) is 15.3. The molecule has 0 saturated carbocycles. The second-order valence-electron chi connectivity index (χ2n) is 4.50. The lowest BCUT2D eigenvalue weighted by molar-refractivity contribution is -0.141. The summed E-state index contributed by atoms with van der Waals surface area (Å²) in [5.41, 5.74) is -1.30. The van der Waals surface area contributed by atoms with Crippen LogP contribution in [0.1, 0.15) is 13.3 Å². The first kappa shape index (κ1) is 16.2. The van der Waals surface area contributed by atoms with E-state index in [1.807, 2.05) is 0 Å². The molecule has 6 nitrogen and oxygen atoms in total. The van der Waals surface area contributed by atoms with E-state index in [-0.39, 0.29) is 17.3 Å². The highest BCUT2D eigenvalue weighted by atomic mass is 35.5. The second-order valence-corrected chi connectivity index (χ2v) is 4.91. The highest BCUT2D eigenvalue weighted by Gasteiger charge is 2.24. The quantitative estimate of drug-likeness (QED) is 0.667. The number of aliphatic hydroxyl groups is 1. The number of hydrogen-bond acceptors (Lipinski definition) is 3. The highest BCUT2D eigenvalue weighted by molar-refractivity contribution is 6.31. The number of carboxylic acids is 1. The molecule has 0 fully saturated rings. The van der Waals surface area contributed by atoms with Crippen molar-refractivity contribution in [2.24, 2.45) is 0 Å². The Kier molecular flexibility index (Phi) is 5.29. The molecule has 0 aliphatic heterocycles. The Bertz CT molecular complexity index is 522. The average Bonchev–Trinajstić information content (AvgIpc) is 2.30. The van der Waals surface area contributed by atoms with E-state index >= 15 is 0 Å². The topological polar surface area (TPSA) is 98.7 Å². The van der Waals surface area contributed by atoms with Gasteiger partial charge in [0.15, 0.2) is 0 Å². The van der Waals surface area contributed by atoms with Crippen molar-refractivity contribution in [1.29, 1.82) is 0 Å². The van der Waals surface area contributed by atoms with Crippen LogP contribution in [-0.2, 0) is 4.79 Å². The number of halogens is 2. The monoisotopic (exact) mass is 304 g/mol. The molecule has 1 unspecified atom stereocenters. The highest BCUT2D eigenvalue weighted by Crippen LogP contribution is 2.19. The van der Waals surface area contributed by atoms with E-state index in [9.17, 15) is 19.1 Å². The Labute approximate surface area is 119 Å². The van der Waals surface area contributed by atoms with E-state index in [1.165, 1.54) is 19.1 Å². The molecular formula is C12H14ClFN2O4. The van der Waals surface area contributed by atoms with Crippen LogP contribution in [0.3, 0.4) is 0 Å². The van der Waals surface area contributed by atoms with Gasteiger partial charge in [0, 0.05) is 12.2 Å². The normalized spacial score (nSPS) is 13.4. The summed E-state index contributed by atoms with van der Waals surface area (Å²) < 4.78 is 12.9. The molecule has 8 heteroatoms. The van der Waals surface area contributed by atoms with Gasteiger partial charge >= 0.3 is 12.0 Å². The van der Waals surface area contributed by atoms with Crippen molar-refractivity contribution in [3.63, 3.8) is 0 Å². The molecule has 0 aliphatic carbocycles. The summed E-state index contributed by atoms with van der Waals surface area (Å²) in [4.78, 5) is 22.0. The van der Waals surface area contributed by atoms with Crippen LogP contribution in [-0.4, -0.2) is 34.4 Å². The van der Waals surface area contributed by atoms with Gasteiger partial charge in [0.1, 0.15) is 5.82 Å². The zero-order valence-corrected chi connectivity index (χ0v) is 11.4. The molecule has 0 saturated heterocycles. The van der Waals surface area contributed by atoms with Crippen LogP contribution in [0.25, 0.3) is 0 Å². The summed E-state index contributed by atoms with van der Waals surface area (Å²) in [5, 5.41) is 22.8. The first-order chi connectivity index (χ1) is 9.19. The number of nitrogens with one attached hydrogen (secondary N) is 2. The number of rotatable bonds is 5. The van der Waals surface area contributed by atoms with Gasteiger partial charge in [-0.3, -0.25) is 4.79 Å². The summed E-state index contributed by atoms with van der Waals surface area (Å²) in [6.45, 7) is 1.04. The summed E-state index contributed by atoms with van der Waals surface area (Å²) in [7, 11) is 0. The summed E-state index contributed by atoms with van der Waals surface area (Å²) in [6.07, 6.45) is -0.504. The third-order valence-corrected chi connectivity index (χ3v) is 2.63. The number of urea groups is 1. The Balaban J connectivity index is 2.51. The molecule has 0 spiro atoms. The molecule has 0 bridgehead atoms. The van der Waals surface area contributed by atoms with E-state index in [1.54, 1.807) is 0 Å². The van der Waals surface area contributed by atoms with Gasteiger partial charge < -0.3 is 20.8 Å². The Morgan fingerprint density at radius 2 is 2.10 bits per heavy atom. The summed E-state index contributed by atoms with van der Waals surface area (Å²) in [5.74, 6) is -1.79. The minimum Gasteiger partial charge on any atom is -0.481 e. The van der Waals surface area contributed by atoms with Gasteiger partial charge in [-0.05, 0) is 25.1 Å². The molecule has 1 rings (SSSR count). The maximum Gasteiger partial charge on any atom is 0.319 e. The van der Waals surface area contributed by atoms with Crippen molar-refractivity contribution >= 4 is 29.3 Å². The van der Waals surface area contributed by atoms with Crippen molar-refractivity contribution in [1.82, 2.24) is 5.32 Å². The fourth-order valence-corrected chi connectivity index (χ4v) is 1.59. The van der Waals surface area contributed by atoms with Gasteiger partial charge in [0.05, 0.1) is 17.0 Å². The number of hydrogen-bond donors (Lipinski definition) is 4. The molecule has 4 N–H and O–H groups in total. The predicted molar refractivity (Wildman–Crippen MR) is 71.3 cm³/mol. The van der Waals surface area contributed by atoms with Gasteiger partial charge in [-0.1, -0.05) is 11.6 Å². The van der Waals surface area contributed by atoms with Crippen LogP contribution in [0.5, 0.6) is 0 Å². The number of anilines is 1. The van der Waals surface area contributed by atoms with E-state index in [2.05, 4.69) is 10.6 Å². The number of carbonyl (C=O) groups excluding carboxylic acids is 1. The minimum atomic E-state index is -1.57. The molecule has 0 radical (unpaired) electrons. The largest absolute Gasteiger partial charge is 0.481 e. The van der Waals surface area contributed by atoms with Gasteiger partial charge in [0.25, 0.3) is 0 Å². The van der Waals surface area contributed by atoms with E-state index in [4.69, 9.17) is 16.7 Å². The SMILES string of the molecule is CC(O)(CNC(=O)Nc1ccc(F)c(Cl)c1)CC(=O)O. The van der Waals surface area contributed by atoms with Crippen LogP contribution in [0, 0.1) is 5.82 Å². The average molecular weight is 305 g/mol. The number of amides is 2. The predicted octanol–water partition coefficient (Wildman–Crippen LogP) is 1.83. The van der Waals surface area contributed by atoms with E-state index in [0.29, 0.717) is 0 Å². The third kappa shape index (κ3) is 5.41. The number of aliphatic carboxylic acids is 1. The van der Waals surface area contributed by atoms with Gasteiger partial charge in [0.2, 0.25) is 0 Å². The number of carbonyl (C=O) groups is 2. The van der Waals surface area contributed by atoms with Gasteiger partial charge in [-0.2, -0.15) is 0 Å². The van der Waals surface area contributed by atoms with Crippen LogP contribution in [0.4, 0.5) is 14.9 Å². The van der Waals surface area contributed by atoms with E-state index < -0.39 is 29.8 Å². The van der Waals surface area contributed by atoms with Crippen LogP contribution >= 0.6 is 11.6 Å². The zero-order valence-electron chi connectivity index (χ0n) is 10.6. The van der Waals surface area contributed by atoms with Gasteiger partial charge in [-0.25, -0.2) is 9.18 Å². The van der Waals surface area contributed by atoms with Crippen molar-refractivity contribution in [2.75, 3.05) is 11.9 Å². The number of benzene rings is 1. The summed E-state index contributed by atoms with van der Waals surface area (Å²) in [6, 6.07) is 2.97. The maximum absolute atomic E-state index is 12.9. The molecule has 0 heterocycles. The van der Waals surface area contributed by atoms with Crippen LogP contribution in [0.15, 0.2) is 18.2 Å². The fourth-order valence-electron chi connectivity index (χ4n) is 1.41. The molecule has 0 aliphatic rings. The van der Waals surface area contributed by atoms with E-state index in [0.717, 1.165) is 6.07 Å². The third-order valence-electron chi connectivity index (χ3n) is 2.34.